The lowest BCUT2D eigenvalue weighted by Gasteiger charge is -2.26. The highest BCUT2D eigenvalue weighted by atomic mass is 19.4. The van der Waals surface area contributed by atoms with E-state index in [1.165, 1.54) is 12.1 Å². The van der Waals surface area contributed by atoms with Crippen LogP contribution in [0.1, 0.15) is 22.3 Å². The molecular weight excluding hydrogens is 291 g/mol. The largest absolute Gasteiger partial charge is 0.467 e. The summed E-state index contributed by atoms with van der Waals surface area (Å²) in [4.78, 5) is 22.9. The van der Waals surface area contributed by atoms with Gasteiger partial charge in [0.2, 0.25) is 0 Å². The molecule has 0 fully saturated rings. The molecule has 0 amide bonds. The number of carbonyl (C=O) groups excluding carboxylic acids is 2. The first-order chi connectivity index (χ1) is 9.65. The Morgan fingerprint density at radius 1 is 1.29 bits per heavy atom. The maximum Gasteiger partial charge on any atom is 0.428 e. The first kappa shape index (κ1) is 16.7. The van der Waals surface area contributed by atoms with Crippen LogP contribution in [0.25, 0.3) is 0 Å². The van der Waals surface area contributed by atoms with Crippen molar-refractivity contribution in [2.45, 2.75) is 18.2 Å². The summed E-state index contributed by atoms with van der Waals surface area (Å²) in [6, 6.07) is 6.51. The fourth-order valence-corrected chi connectivity index (χ4v) is 1.52. The van der Waals surface area contributed by atoms with Crippen LogP contribution in [0.4, 0.5) is 13.2 Å². The minimum Gasteiger partial charge on any atom is -0.467 e. The summed E-state index contributed by atoms with van der Waals surface area (Å²) in [5.41, 5.74) is -3.86. The van der Waals surface area contributed by atoms with Gasteiger partial charge in [-0.3, -0.25) is 4.79 Å². The predicted molar refractivity (Wildman–Crippen MR) is 63.1 cm³/mol. The second kappa shape index (κ2) is 5.93. The molecule has 0 radical (unpaired) electrons. The number of benzene rings is 1. The van der Waals surface area contributed by atoms with Gasteiger partial charge in [-0.15, -0.1) is 0 Å². The van der Waals surface area contributed by atoms with Crippen molar-refractivity contribution < 1.29 is 32.6 Å². The Morgan fingerprint density at radius 2 is 1.81 bits per heavy atom. The third kappa shape index (κ3) is 3.38. The monoisotopic (exact) mass is 301 g/mol. The van der Waals surface area contributed by atoms with Gasteiger partial charge in [-0.2, -0.15) is 18.4 Å². The molecule has 1 aromatic carbocycles. The van der Waals surface area contributed by atoms with Gasteiger partial charge in [-0.1, -0.05) is 12.1 Å². The van der Waals surface area contributed by atoms with Crippen molar-refractivity contribution >= 4 is 11.8 Å². The SMILES string of the molecule is COC(=O)[C@@](O)(CC(=O)c1ccc(C#N)cc1)C(F)(F)F. The topological polar surface area (TPSA) is 87.4 Å². The fourth-order valence-electron chi connectivity index (χ4n) is 1.52. The maximum atomic E-state index is 12.8. The zero-order valence-electron chi connectivity index (χ0n) is 10.8. The number of hydrogen-bond acceptors (Lipinski definition) is 5. The second-order valence-electron chi connectivity index (χ2n) is 4.14. The highest BCUT2D eigenvalue weighted by molar-refractivity contribution is 6.00. The number of nitriles is 1. The van der Waals surface area contributed by atoms with Gasteiger partial charge in [0, 0.05) is 5.56 Å². The quantitative estimate of drug-likeness (QED) is 0.674. The summed E-state index contributed by atoms with van der Waals surface area (Å²) in [6.45, 7) is 0. The van der Waals surface area contributed by atoms with Gasteiger partial charge in [-0.25, -0.2) is 4.79 Å². The summed E-state index contributed by atoms with van der Waals surface area (Å²) in [6.07, 6.45) is -6.86. The van der Waals surface area contributed by atoms with E-state index in [-0.39, 0.29) is 11.1 Å². The Morgan fingerprint density at radius 3 is 2.19 bits per heavy atom. The summed E-state index contributed by atoms with van der Waals surface area (Å²) in [5.74, 6) is -3.07. The van der Waals surface area contributed by atoms with E-state index in [1.54, 1.807) is 6.07 Å². The summed E-state index contributed by atoms with van der Waals surface area (Å²) in [5, 5.41) is 18.1. The number of ketones is 1. The molecule has 1 atom stereocenters. The zero-order chi connectivity index (χ0) is 16.3. The summed E-state index contributed by atoms with van der Waals surface area (Å²) >= 11 is 0. The molecule has 0 aromatic heterocycles. The van der Waals surface area contributed by atoms with Crippen LogP contribution in [0.3, 0.4) is 0 Å². The molecule has 0 unspecified atom stereocenters. The van der Waals surface area contributed by atoms with Crippen molar-refractivity contribution in [2.24, 2.45) is 0 Å². The Bertz CT molecular complexity index is 589. The number of Topliss-reactive ketones (excluding diaryl/α,β-unsaturated/α-hetero) is 1. The van der Waals surface area contributed by atoms with E-state index in [2.05, 4.69) is 4.74 Å². The van der Waals surface area contributed by atoms with Gasteiger partial charge in [0.15, 0.2) is 5.78 Å². The molecule has 0 aliphatic carbocycles. The van der Waals surface area contributed by atoms with E-state index >= 15 is 0 Å². The average molecular weight is 301 g/mol. The highest BCUT2D eigenvalue weighted by Gasteiger charge is 2.61. The normalized spacial score (nSPS) is 13.9. The van der Waals surface area contributed by atoms with Gasteiger partial charge in [0.1, 0.15) is 0 Å². The van der Waals surface area contributed by atoms with Crippen molar-refractivity contribution in [1.29, 1.82) is 5.26 Å². The Labute approximate surface area is 117 Å². The predicted octanol–water partition coefficient (Wildman–Crippen LogP) is 1.60. The number of aliphatic hydroxyl groups is 1. The van der Waals surface area contributed by atoms with Crippen LogP contribution in [0.15, 0.2) is 24.3 Å². The number of nitrogens with zero attached hydrogens (tertiary/aromatic N) is 1. The van der Waals surface area contributed by atoms with Crippen LogP contribution >= 0.6 is 0 Å². The molecule has 0 spiro atoms. The lowest BCUT2D eigenvalue weighted by atomic mass is 9.93. The number of rotatable bonds is 4. The molecule has 0 aliphatic heterocycles. The Balaban J connectivity index is 3.06. The van der Waals surface area contributed by atoms with Crippen molar-refractivity contribution in [3.63, 3.8) is 0 Å². The van der Waals surface area contributed by atoms with E-state index in [1.807, 2.05) is 0 Å². The zero-order valence-corrected chi connectivity index (χ0v) is 10.8. The maximum absolute atomic E-state index is 12.8. The van der Waals surface area contributed by atoms with E-state index in [9.17, 15) is 27.9 Å². The summed E-state index contributed by atoms with van der Waals surface area (Å²) < 4.78 is 42.3. The van der Waals surface area contributed by atoms with Crippen LogP contribution in [0.2, 0.25) is 0 Å². The second-order valence-corrected chi connectivity index (χ2v) is 4.14. The van der Waals surface area contributed by atoms with E-state index in [0.717, 1.165) is 12.1 Å². The molecule has 0 bridgehead atoms. The van der Waals surface area contributed by atoms with Gasteiger partial charge in [0.25, 0.3) is 5.60 Å². The fraction of sp³-hybridized carbons (Fsp3) is 0.308. The summed E-state index contributed by atoms with van der Waals surface area (Å²) in [7, 11) is 0.672. The molecule has 1 aromatic rings. The third-order valence-corrected chi connectivity index (χ3v) is 2.74. The molecule has 0 saturated heterocycles. The minimum atomic E-state index is -5.36. The molecule has 0 aliphatic rings. The van der Waals surface area contributed by atoms with Crippen molar-refractivity contribution in [3.05, 3.63) is 35.4 Å². The number of alkyl halides is 3. The Kier molecular flexibility index (Phi) is 4.70. The average Bonchev–Trinajstić information content (AvgIpc) is 2.45. The molecule has 0 heterocycles. The van der Waals surface area contributed by atoms with Crippen LogP contribution in [0, 0.1) is 11.3 Å². The highest BCUT2D eigenvalue weighted by Crippen LogP contribution is 2.35. The van der Waals surface area contributed by atoms with E-state index in [0.29, 0.717) is 7.11 Å². The Hall–Kier alpha value is -2.40. The van der Waals surface area contributed by atoms with Gasteiger partial charge in [-0.05, 0) is 12.1 Å². The lowest BCUT2D eigenvalue weighted by molar-refractivity contribution is -0.260. The standard InChI is InChI=1S/C13H10F3NO4/c1-21-11(19)12(20,13(14,15)16)6-10(18)9-4-2-8(7-17)3-5-9/h2-5,20H,6H2,1H3/t12-/m0/s1. The van der Waals surface area contributed by atoms with Gasteiger partial charge >= 0.3 is 12.1 Å². The first-order valence-electron chi connectivity index (χ1n) is 5.56. The van der Waals surface area contributed by atoms with Crippen molar-refractivity contribution in [2.75, 3.05) is 7.11 Å². The van der Waals surface area contributed by atoms with Crippen molar-refractivity contribution in [3.8, 4) is 6.07 Å². The number of methoxy groups -OCH3 is 1. The van der Waals surface area contributed by atoms with Crippen LogP contribution in [0.5, 0.6) is 0 Å². The molecule has 21 heavy (non-hydrogen) atoms. The smallest absolute Gasteiger partial charge is 0.428 e. The molecule has 5 nitrogen and oxygen atoms in total. The van der Waals surface area contributed by atoms with Gasteiger partial charge < -0.3 is 9.84 Å². The van der Waals surface area contributed by atoms with Crippen molar-refractivity contribution in [1.82, 2.24) is 0 Å². The molecule has 112 valence electrons. The number of esters is 1. The molecule has 8 heteroatoms. The number of ether oxygens (including phenoxy) is 1. The molecule has 0 saturated carbocycles. The number of carbonyl (C=O) groups is 2. The lowest BCUT2D eigenvalue weighted by Crippen LogP contribution is -2.54. The number of halogens is 3. The molecule has 1 rings (SSSR count). The van der Waals surface area contributed by atoms with Crippen LogP contribution in [-0.4, -0.2) is 35.7 Å². The van der Waals surface area contributed by atoms with Crippen LogP contribution in [-0.2, 0) is 9.53 Å². The van der Waals surface area contributed by atoms with E-state index < -0.39 is 30.0 Å². The molecule has 1 N–H and O–H groups in total. The van der Waals surface area contributed by atoms with E-state index in [4.69, 9.17) is 5.26 Å². The molecular formula is C13H10F3NO4. The van der Waals surface area contributed by atoms with Crippen LogP contribution < -0.4 is 0 Å². The van der Waals surface area contributed by atoms with Gasteiger partial charge in [0.05, 0.1) is 25.2 Å². The number of hydrogen-bond donors (Lipinski definition) is 1. The third-order valence-electron chi connectivity index (χ3n) is 2.74. The first-order valence-corrected chi connectivity index (χ1v) is 5.56. The minimum absolute atomic E-state index is 0.166.